The van der Waals surface area contributed by atoms with Crippen LogP contribution in [0.2, 0.25) is 0 Å². The third-order valence-electron chi connectivity index (χ3n) is 14.0. The third kappa shape index (κ3) is 54.7. The highest BCUT2D eigenvalue weighted by Crippen LogP contribution is 2.38. The smallest absolute Gasteiger partial charge is 0.306 e. The van der Waals surface area contributed by atoms with Crippen molar-refractivity contribution in [3.05, 3.63) is 48.6 Å². The van der Waals surface area contributed by atoms with E-state index in [1.807, 2.05) is 33.3 Å². The molecule has 0 aliphatic rings. The molecular weight excluding hydrogens is 940 g/mol. The summed E-state index contributed by atoms with van der Waals surface area (Å²) in [7, 11) is 1.18. The van der Waals surface area contributed by atoms with Gasteiger partial charge in [-0.05, 0) is 89.5 Å². The zero-order chi connectivity index (χ0) is 54.3. The quantitative estimate of drug-likeness (QED) is 0.0212. The van der Waals surface area contributed by atoms with Crippen molar-refractivity contribution < 1.29 is 37.3 Å². The van der Waals surface area contributed by atoms with E-state index in [1.54, 1.807) is 0 Å². The Labute approximate surface area is 458 Å². The fraction of sp³-hybridized carbons (Fsp3) is 0.844. The molecule has 0 saturated carbocycles. The number of unbranched alkanes of at least 4 members (excludes halogenated alkanes) is 35. The van der Waals surface area contributed by atoms with Crippen molar-refractivity contribution in [2.45, 2.75) is 309 Å². The molecule has 10 heteroatoms. The Morgan fingerprint density at radius 3 is 1.26 bits per heavy atom. The van der Waals surface area contributed by atoms with Crippen molar-refractivity contribution in [1.29, 1.82) is 0 Å². The maximum atomic E-state index is 13.5. The summed E-state index contributed by atoms with van der Waals surface area (Å²) in [6.07, 6.45) is 66.4. The van der Waals surface area contributed by atoms with Gasteiger partial charge in [0.1, 0.15) is 19.3 Å². The maximum absolute atomic E-state index is 13.5. The molecule has 0 spiro atoms. The lowest BCUT2D eigenvalue weighted by atomic mass is 10.0. The molecule has 1 amide bonds. The van der Waals surface area contributed by atoms with Gasteiger partial charge in [0.2, 0.25) is 5.91 Å². The van der Waals surface area contributed by atoms with Crippen LogP contribution in [-0.4, -0.2) is 69.4 Å². The number of carbonyl (C=O) groups is 2. The maximum Gasteiger partial charge on any atom is 0.306 e. The van der Waals surface area contributed by atoms with Crippen LogP contribution in [0.15, 0.2) is 48.6 Å². The second-order valence-corrected chi connectivity index (χ2v) is 24.0. The SMILES string of the molecule is CCCCC/C=C\C/C=C\CCCCCCCCCCCC(=O)NC(COP(=O)([O-])OCC[N+](C)(C)C)C(/C=C/CCCCCCCCCCCC)OC(=O)CCCCCCCCC/C=C/CCCCCCCC. The summed E-state index contributed by atoms with van der Waals surface area (Å²) in [6, 6.07) is -0.891. The Hall–Kier alpha value is -2.03. The normalized spacial score (nSPS) is 14.0. The number of carbonyl (C=O) groups excluding carboxylic acids is 2. The lowest BCUT2D eigenvalue weighted by Gasteiger charge is -2.30. The van der Waals surface area contributed by atoms with E-state index < -0.39 is 20.0 Å². The van der Waals surface area contributed by atoms with Gasteiger partial charge in [0, 0.05) is 12.8 Å². The van der Waals surface area contributed by atoms with E-state index in [2.05, 4.69) is 62.5 Å². The predicted molar refractivity (Wildman–Crippen MR) is 316 cm³/mol. The molecule has 0 fully saturated rings. The van der Waals surface area contributed by atoms with Gasteiger partial charge in [0.25, 0.3) is 7.82 Å². The number of rotatable bonds is 57. The molecule has 0 aromatic heterocycles. The second kappa shape index (κ2) is 54.3. The average Bonchev–Trinajstić information content (AvgIpc) is 3.36. The molecular formula is C64H121N2O7P. The molecule has 1 N–H and O–H groups in total. The Balaban J connectivity index is 5.25. The van der Waals surface area contributed by atoms with E-state index in [4.69, 9.17) is 13.8 Å². The summed E-state index contributed by atoms with van der Waals surface area (Å²) in [4.78, 5) is 40.0. The van der Waals surface area contributed by atoms with Gasteiger partial charge in [-0.25, -0.2) is 0 Å². The molecule has 0 aromatic rings. The van der Waals surface area contributed by atoms with Gasteiger partial charge < -0.3 is 28.5 Å². The first-order valence-electron chi connectivity index (χ1n) is 31.4. The predicted octanol–water partition coefficient (Wildman–Crippen LogP) is 18.6. The minimum atomic E-state index is -4.70. The Morgan fingerprint density at radius 2 is 0.824 bits per heavy atom. The molecule has 74 heavy (non-hydrogen) atoms. The van der Waals surface area contributed by atoms with E-state index in [9.17, 15) is 19.0 Å². The van der Waals surface area contributed by atoms with Gasteiger partial charge in [-0.15, -0.1) is 0 Å². The molecule has 0 aliphatic heterocycles. The monoisotopic (exact) mass is 1060 g/mol. The summed E-state index contributed by atoms with van der Waals surface area (Å²) in [5, 5.41) is 3.03. The van der Waals surface area contributed by atoms with Crippen molar-refractivity contribution in [2.75, 3.05) is 40.9 Å². The fourth-order valence-electron chi connectivity index (χ4n) is 9.08. The number of quaternary nitrogens is 1. The van der Waals surface area contributed by atoms with E-state index in [-0.39, 0.29) is 31.5 Å². The molecule has 434 valence electrons. The minimum Gasteiger partial charge on any atom is -0.756 e. The number of phosphoric ester groups is 1. The van der Waals surface area contributed by atoms with Crippen LogP contribution < -0.4 is 10.2 Å². The lowest BCUT2D eigenvalue weighted by Crippen LogP contribution is -2.47. The van der Waals surface area contributed by atoms with Crippen LogP contribution in [0, 0.1) is 0 Å². The van der Waals surface area contributed by atoms with E-state index in [0.717, 1.165) is 89.9 Å². The van der Waals surface area contributed by atoms with Crippen molar-refractivity contribution in [2.24, 2.45) is 0 Å². The molecule has 0 bridgehead atoms. The van der Waals surface area contributed by atoms with Gasteiger partial charge >= 0.3 is 5.97 Å². The number of hydrogen-bond donors (Lipinski definition) is 1. The summed E-state index contributed by atoms with van der Waals surface area (Å²) in [5.41, 5.74) is 0. The zero-order valence-corrected chi connectivity index (χ0v) is 50.4. The zero-order valence-electron chi connectivity index (χ0n) is 49.6. The molecule has 0 radical (unpaired) electrons. The molecule has 0 heterocycles. The Morgan fingerprint density at radius 1 is 0.473 bits per heavy atom. The first-order chi connectivity index (χ1) is 35.9. The number of ether oxygens (including phenoxy) is 1. The third-order valence-corrected chi connectivity index (χ3v) is 14.9. The molecule has 0 aliphatic carbocycles. The number of likely N-dealkylation sites (N-methyl/N-ethyl adjacent to an activating group) is 1. The van der Waals surface area contributed by atoms with Crippen LogP contribution >= 0.6 is 7.82 Å². The van der Waals surface area contributed by atoms with Crippen molar-refractivity contribution in [3.63, 3.8) is 0 Å². The molecule has 0 saturated heterocycles. The topological polar surface area (TPSA) is 114 Å². The molecule has 0 rings (SSSR count). The first kappa shape index (κ1) is 72.0. The summed E-state index contributed by atoms with van der Waals surface area (Å²) < 4.78 is 30.3. The number of amides is 1. The highest BCUT2D eigenvalue weighted by molar-refractivity contribution is 7.45. The van der Waals surface area contributed by atoms with E-state index in [1.165, 1.54) is 173 Å². The van der Waals surface area contributed by atoms with Gasteiger partial charge in [-0.3, -0.25) is 14.2 Å². The van der Waals surface area contributed by atoms with Crippen LogP contribution in [0.25, 0.3) is 0 Å². The Kier molecular flexibility index (Phi) is 52.8. The summed E-state index contributed by atoms with van der Waals surface area (Å²) in [5.74, 6) is -0.543. The van der Waals surface area contributed by atoms with Crippen LogP contribution in [0.5, 0.6) is 0 Å². The highest BCUT2D eigenvalue weighted by atomic mass is 31.2. The van der Waals surface area contributed by atoms with Crippen LogP contribution in [0.1, 0.15) is 297 Å². The van der Waals surface area contributed by atoms with Gasteiger partial charge in [0.05, 0.1) is 33.8 Å². The van der Waals surface area contributed by atoms with Gasteiger partial charge in [-0.2, -0.15) is 0 Å². The molecule has 0 aromatic carbocycles. The molecule has 3 unspecified atom stereocenters. The van der Waals surface area contributed by atoms with Crippen LogP contribution in [0.4, 0.5) is 0 Å². The second-order valence-electron chi connectivity index (χ2n) is 22.6. The number of hydrogen-bond acceptors (Lipinski definition) is 7. The number of nitrogens with zero attached hydrogens (tertiary/aromatic N) is 1. The highest BCUT2D eigenvalue weighted by Gasteiger charge is 2.27. The lowest BCUT2D eigenvalue weighted by molar-refractivity contribution is -0.870. The number of allylic oxidation sites excluding steroid dienone is 7. The molecule has 9 nitrogen and oxygen atoms in total. The number of esters is 1. The summed E-state index contributed by atoms with van der Waals surface area (Å²) in [6.45, 7) is 6.83. The van der Waals surface area contributed by atoms with Crippen LogP contribution in [-0.2, 0) is 27.9 Å². The fourth-order valence-corrected chi connectivity index (χ4v) is 9.80. The van der Waals surface area contributed by atoms with Crippen molar-refractivity contribution >= 4 is 19.7 Å². The van der Waals surface area contributed by atoms with E-state index >= 15 is 0 Å². The minimum absolute atomic E-state index is 0.0235. The summed E-state index contributed by atoms with van der Waals surface area (Å²) >= 11 is 0. The average molecular weight is 1060 g/mol. The molecule has 3 atom stereocenters. The van der Waals surface area contributed by atoms with Gasteiger partial charge in [-0.1, -0.05) is 243 Å². The Bertz CT molecular complexity index is 1410. The number of nitrogens with one attached hydrogen (secondary N) is 1. The standard InChI is InChI=1S/C64H121N2O7P/c1-7-10-13-16-19-22-25-28-30-32-33-35-36-38-41-44-47-50-53-56-63(67)65-61(60-72-74(69,70)71-59-58-66(4,5)6)62(55-52-49-46-43-40-27-24-21-18-15-12-9-3)73-64(68)57-54-51-48-45-42-39-37-34-31-29-26-23-20-17-14-11-8-2/h19,22,28-31,52,55,61-62H,7-18,20-21,23-27,32-51,53-54,56-60H2,1-6H3,(H-,65,67,69,70)/b22-19-,30-28-,31-29+,55-52+. The van der Waals surface area contributed by atoms with Gasteiger partial charge in [0.15, 0.2) is 0 Å². The van der Waals surface area contributed by atoms with Crippen molar-refractivity contribution in [1.82, 2.24) is 5.32 Å². The largest absolute Gasteiger partial charge is 0.756 e. The van der Waals surface area contributed by atoms with Crippen LogP contribution in [0.3, 0.4) is 0 Å². The number of phosphoric acid groups is 1. The van der Waals surface area contributed by atoms with Crippen molar-refractivity contribution in [3.8, 4) is 0 Å². The van der Waals surface area contributed by atoms with E-state index in [0.29, 0.717) is 17.4 Å². The first-order valence-corrected chi connectivity index (χ1v) is 32.9.